The van der Waals surface area contributed by atoms with E-state index in [1.165, 1.54) is 0 Å². The average molecular weight is 308 g/mol. The van der Waals surface area contributed by atoms with Gasteiger partial charge in [-0.15, -0.1) is 0 Å². The van der Waals surface area contributed by atoms with Gasteiger partial charge in [-0.2, -0.15) is 0 Å². The Kier molecular flexibility index (Phi) is 4.53. The molecule has 1 aromatic carbocycles. The highest BCUT2D eigenvalue weighted by molar-refractivity contribution is 7.89. The molecule has 112 valence electrons. The second kappa shape index (κ2) is 6.00. The smallest absolute Gasteiger partial charge is 0.243 e. The van der Waals surface area contributed by atoms with E-state index in [1.54, 1.807) is 0 Å². The maximum atomic E-state index is 13.5. The van der Waals surface area contributed by atoms with E-state index in [0.29, 0.717) is 19.3 Å². The second-order valence-corrected chi connectivity index (χ2v) is 5.97. The SMILES string of the molecule is Nc1cc(F)c(F)c(S(=O)(=O)NCC2COCCO2)c1. The Morgan fingerprint density at radius 1 is 1.35 bits per heavy atom. The number of nitrogens with one attached hydrogen (secondary N) is 1. The largest absolute Gasteiger partial charge is 0.399 e. The van der Waals surface area contributed by atoms with Crippen LogP contribution in [-0.4, -0.2) is 40.9 Å². The van der Waals surface area contributed by atoms with Crippen molar-refractivity contribution in [1.82, 2.24) is 4.72 Å². The number of benzene rings is 1. The van der Waals surface area contributed by atoms with Gasteiger partial charge in [0.05, 0.1) is 25.9 Å². The molecule has 1 heterocycles. The maximum Gasteiger partial charge on any atom is 0.243 e. The Balaban J connectivity index is 2.14. The van der Waals surface area contributed by atoms with Crippen molar-refractivity contribution in [1.29, 1.82) is 0 Å². The molecule has 0 amide bonds. The highest BCUT2D eigenvalue weighted by Gasteiger charge is 2.24. The van der Waals surface area contributed by atoms with Gasteiger partial charge in [-0.3, -0.25) is 0 Å². The van der Waals surface area contributed by atoms with E-state index < -0.39 is 32.7 Å². The summed E-state index contributed by atoms with van der Waals surface area (Å²) in [5.41, 5.74) is 5.14. The number of rotatable bonds is 4. The molecule has 20 heavy (non-hydrogen) atoms. The van der Waals surface area contributed by atoms with Crippen LogP contribution in [-0.2, 0) is 19.5 Å². The number of nitrogen functional groups attached to an aromatic ring is 1. The maximum absolute atomic E-state index is 13.5. The summed E-state index contributed by atoms with van der Waals surface area (Å²) in [5.74, 6) is -2.78. The van der Waals surface area contributed by atoms with Gasteiger partial charge >= 0.3 is 0 Å². The molecule has 0 aromatic heterocycles. The Bertz CT molecular complexity index is 588. The van der Waals surface area contributed by atoms with Gasteiger partial charge in [0.2, 0.25) is 10.0 Å². The van der Waals surface area contributed by atoms with Crippen LogP contribution < -0.4 is 10.5 Å². The van der Waals surface area contributed by atoms with E-state index >= 15 is 0 Å². The molecule has 0 bridgehead atoms. The van der Waals surface area contributed by atoms with Gasteiger partial charge in [0.1, 0.15) is 4.90 Å². The van der Waals surface area contributed by atoms with E-state index in [1.807, 2.05) is 0 Å². The molecular formula is C11H14F2N2O4S. The third-order valence-corrected chi connectivity index (χ3v) is 4.12. The summed E-state index contributed by atoms with van der Waals surface area (Å²) in [5, 5.41) is 0. The Hall–Kier alpha value is -1.29. The van der Waals surface area contributed by atoms with Gasteiger partial charge in [-0.1, -0.05) is 0 Å². The van der Waals surface area contributed by atoms with Crippen LogP contribution in [0.25, 0.3) is 0 Å². The molecular weight excluding hydrogens is 294 g/mol. The lowest BCUT2D eigenvalue weighted by Gasteiger charge is -2.23. The minimum Gasteiger partial charge on any atom is -0.399 e. The van der Waals surface area contributed by atoms with Crippen LogP contribution in [0.15, 0.2) is 17.0 Å². The highest BCUT2D eigenvalue weighted by Crippen LogP contribution is 2.21. The van der Waals surface area contributed by atoms with E-state index in [-0.39, 0.29) is 18.8 Å². The zero-order valence-electron chi connectivity index (χ0n) is 10.4. The third kappa shape index (κ3) is 3.42. The molecule has 0 radical (unpaired) electrons. The third-order valence-electron chi connectivity index (χ3n) is 2.69. The topological polar surface area (TPSA) is 90.7 Å². The minimum atomic E-state index is -4.22. The van der Waals surface area contributed by atoms with Crippen LogP contribution in [0, 0.1) is 11.6 Å². The first-order chi connectivity index (χ1) is 9.40. The molecule has 1 atom stereocenters. The molecule has 0 spiro atoms. The Morgan fingerprint density at radius 3 is 2.75 bits per heavy atom. The van der Waals surface area contributed by atoms with Crippen molar-refractivity contribution in [2.75, 3.05) is 32.1 Å². The standard InChI is InChI=1S/C11H14F2N2O4S/c12-9-3-7(14)4-10(11(9)13)20(16,17)15-5-8-6-18-1-2-19-8/h3-4,8,15H,1-2,5-6,14H2. The number of anilines is 1. The average Bonchev–Trinajstić information content (AvgIpc) is 2.42. The van der Waals surface area contributed by atoms with Crippen LogP contribution in [0.4, 0.5) is 14.5 Å². The fraction of sp³-hybridized carbons (Fsp3) is 0.455. The molecule has 1 aromatic rings. The van der Waals surface area contributed by atoms with Gasteiger partial charge in [0.25, 0.3) is 0 Å². The summed E-state index contributed by atoms with van der Waals surface area (Å²) >= 11 is 0. The quantitative estimate of drug-likeness (QED) is 0.778. The van der Waals surface area contributed by atoms with E-state index in [4.69, 9.17) is 15.2 Å². The summed E-state index contributed by atoms with van der Waals surface area (Å²) in [7, 11) is -4.22. The Labute approximate surface area is 114 Å². The molecule has 1 fully saturated rings. The number of hydrogen-bond acceptors (Lipinski definition) is 5. The van der Waals surface area contributed by atoms with Crippen LogP contribution in [0.3, 0.4) is 0 Å². The lowest BCUT2D eigenvalue weighted by atomic mass is 10.3. The number of nitrogens with two attached hydrogens (primary N) is 1. The first-order valence-electron chi connectivity index (χ1n) is 5.83. The van der Waals surface area contributed by atoms with Gasteiger partial charge in [0.15, 0.2) is 11.6 Å². The first kappa shape index (κ1) is 15.1. The van der Waals surface area contributed by atoms with E-state index in [2.05, 4.69) is 4.72 Å². The van der Waals surface area contributed by atoms with Crippen LogP contribution >= 0.6 is 0 Å². The lowest BCUT2D eigenvalue weighted by molar-refractivity contribution is -0.0847. The predicted octanol–water partition coefficient (Wildman–Crippen LogP) is 0.241. The summed E-state index contributed by atoms with van der Waals surface area (Å²) < 4.78 is 63.1. The zero-order chi connectivity index (χ0) is 14.8. The molecule has 1 aliphatic heterocycles. The number of hydrogen-bond donors (Lipinski definition) is 2. The molecule has 9 heteroatoms. The van der Waals surface area contributed by atoms with Crippen molar-refractivity contribution in [3.8, 4) is 0 Å². The number of sulfonamides is 1. The lowest BCUT2D eigenvalue weighted by Crippen LogP contribution is -2.39. The molecule has 2 rings (SSSR count). The fourth-order valence-electron chi connectivity index (χ4n) is 1.71. The molecule has 1 saturated heterocycles. The predicted molar refractivity (Wildman–Crippen MR) is 66.5 cm³/mol. The molecule has 0 saturated carbocycles. The molecule has 1 aliphatic rings. The number of ether oxygens (including phenoxy) is 2. The summed E-state index contributed by atoms with van der Waals surface area (Å²) in [6, 6.07) is 1.57. The van der Waals surface area contributed by atoms with Crippen LogP contribution in [0.1, 0.15) is 0 Å². The summed E-state index contributed by atoms with van der Waals surface area (Å²) in [6.07, 6.45) is -0.465. The van der Waals surface area contributed by atoms with Crippen molar-refractivity contribution >= 4 is 15.7 Å². The van der Waals surface area contributed by atoms with Gasteiger partial charge < -0.3 is 15.2 Å². The van der Waals surface area contributed by atoms with Crippen molar-refractivity contribution in [2.24, 2.45) is 0 Å². The van der Waals surface area contributed by atoms with E-state index in [9.17, 15) is 17.2 Å². The molecule has 0 aliphatic carbocycles. The second-order valence-electron chi connectivity index (χ2n) is 4.23. The summed E-state index contributed by atoms with van der Waals surface area (Å²) in [4.78, 5) is -0.827. The highest BCUT2D eigenvalue weighted by atomic mass is 32.2. The fourth-order valence-corrected chi connectivity index (χ4v) is 2.90. The van der Waals surface area contributed by atoms with Crippen molar-refractivity contribution in [3.63, 3.8) is 0 Å². The molecule has 1 unspecified atom stereocenters. The normalized spacial score (nSPS) is 20.0. The minimum absolute atomic E-state index is 0.0990. The van der Waals surface area contributed by atoms with Gasteiger partial charge in [-0.05, 0) is 12.1 Å². The first-order valence-corrected chi connectivity index (χ1v) is 7.32. The van der Waals surface area contributed by atoms with Gasteiger partial charge in [-0.25, -0.2) is 21.9 Å². The van der Waals surface area contributed by atoms with Gasteiger partial charge in [0, 0.05) is 12.2 Å². The summed E-state index contributed by atoms with van der Waals surface area (Å²) in [6.45, 7) is 0.931. The zero-order valence-corrected chi connectivity index (χ0v) is 11.3. The van der Waals surface area contributed by atoms with Crippen molar-refractivity contribution in [3.05, 3.63) is 23.8 Å². The monoisotopic (exact) mass is 308 g/mol. The molecule has 6 nitrogen and oxygen atoms in total. The Morgan fingerprint density at radius 2 is 2.10 bits per heavy atom. The number of halogens is 2. The molecule has 3 N–H and O–H groups in total. The van der Waals surface area contributed by atoms with Crippen LogP contribution in [0.2, 0.25) is 0 Å². The van der Waals surface area contributed by atoms with E-state index in [0.717, 1.165) is 6.07 Å². The van der Waals surface area contributed by atoms with Crippen LogP contribution in [0.5, 0.6) is 0 Å². The van der Waals surface area contributed by atoms with Crippen molar-refractivity contribution < 1.29 is 26.7 Å². The van der Waals surface area contributed by atoms with Crippen molar-refractivity contribution in [2.45, 2.75) is 11.0 Å².